The molecule has 1 fully saturated rings. The van der Waals surface area contributed by atoms with Crippen molar-refractivity contribution in [3.05, 3.63) is 23.6 Å². The number of hydrogen-bond donors (Lipinski definition) is 0. The number of rotatable bonds is 7. The molecule has 22 heavy (non-hydrogen) atoms. The largest absolute Gasteiger partial charge is 0.441 e. The van der Waals surface area contributed by atoms with Crippen LogP contribution in [-0.4, -0.2) is 18.7 Å². The van der Waals surface area contributed by atoms with Crippen molar-refractivity contribution >= 4 is 5.97 Å². The number of esters is 1. The van der Waals surface area contributed by atoms with Gasteiger partial charge in [0.1, 0.15) is 5.83 Å². The molecule has 0 aliphatic heterocycles. The Kier molecular flexibility index (Phi) is 6.34. The Hall–Kier alpha value is -1.63. The van der Waals surface area contributed by atoms with Crippen molar-refractivity contribution in [2.45, 2.75) is 46.6 Å². The lowest BCUT2D eigenvalue weighted by molar-refractivity contribution is -0.148. The number of hydrogen-bond acceptors (Lipinski definition) is 2. The minimum atomic E-state index is -1.32. The van der Waals surface area contributed by atoms with Crippen molar-refractivity contribution in [1.82, 2.24) is 0 Å². The van der Waals surface area contributed by atoms with E-state index in [1.807, 2.05) is 33.8 Å². The summed E-state index contributed by atoms with van der Waals surface area (Å²) in [6.07, 6.45) is 7.58. The summed E-state index contributed by atoms with van der Waals surface area (Å²) < 4.78 is 31.0. The predicted molar refractivity (Wildman–Crippen MR) is 83.3 cm³/mol. The van der Waals surface area contributed by atoms with E-state index in [-0.39, 0.29) is 30.1 Å². The summed E-state index contributed by atoms with van der Waals surface area (Å²) in [4.78, 5) is 12.2. The molecule has 2 nitrogen and oxygen atoms in total. The first-order valence-corrected chi connectivity index (χ1v) is 7.48. The van der Waals surface area contributed by atoms with Crippen LogP contribution in [-0.2, 0) is 9.53 Å². The molecule has 0 aromatic heterocycles. The van der Waals surface area contributed by atoms with Crippen molar-refractivity contribution in [2.24, 2.45) is 17.3 Å². The molecular formula is C18H24F2O2. The van der Waals surface area contributed by atoms with Crippen LogP contribution in [0.1, 0.15) is 40.5 Å². The SMILES string of the molecule is C#CC(OC(=O)C1C(C=C(C)C)C1(C)C)/C(F)=C/CCCF. The van der Waals surface area contributed by atoms with Gasteiger partial charge in [0, 0.05) is 0 Å². The Morgan fingerprint density at radius 3 is 2.59 bits per heavy atom. The number of terminal acetylenes is 1. The summed E-state index contributed by atoms with van der Waals surface area (Å²) in [5.74, 6) is 0.718. The number of allylic oxidation sites excluding steroid dienone is 3. The first-order chi connectivity index (χ1) is 10.3. The summed E-state index contributed by atoms with van der Waals surface area (Å²) >= 11 is 0. The number of ether oxygens (including phenoxy) is 1. The van der Waals surface area contributed by atoms with E-state index >= 15 is 0 Å². The summed E-state index contributed by atoms with van der Waals surface area (Å²) in [7, 11) is 0. The fourth-order valence-corrected chi connectivity index (χ4v) is 2.58. The van der Waals surface area contributed by atoms with Crippen molar-refractivity contribution < 1.29 is 18.3 Å². The molecule has 0 aromatic rings. The Labute approximate surface area is 131 Å². The number of halogens is 2. The molecule has 0 bridgehead atoms. The third-order valence-corrected chi connectivity index (χ3v) is 3.99. The zero-order valence-electron chi connectivity index (χ0n) is 13.7. The van der Waals surface area contributed by atoms with Crippen LogP contribution in [0, 0.1) is 29.6 Å². The molecule has 4 heteroatoms. The van der Waals surface area contributed by atoms with Crippen molar-refractivity contribution in [1.29, 1.82) is 0 Å². The maximum Gasteiger partial charge on any atom is 0.311 e. The van der Waals surface area contributed by atoms with Gasteiger partial charge in [0.05, 0.1) is 12.6 Å². The second-order valence-electron chi connectivity index (χ2n) is 6.47. The highest BCUT2D eigenvalue weighted by Crippen LogP contribution is 2.59. The van der Waals surface area contributed by atoms with Crippen molar-refractivity contribution in [2.75, 3.05) is 6.67 Å². The molecule has 0 N–H and O–H groups in total. The van der Waals surface area contributed by atoms with Gasteiger partial charge in [0.25, 0.3) is 0 Å². The molecule has 1 aliphatic carbocycles. The molecule has 1 aliphatic rings. The lowest BCUT2D eigenvalue weighted by Gasteiger charge is -2.11. The van der Waals surface area contributed by atoms with Crippen molar-refractivity contribution in [3.8, 4) is 12.3 Å². The molecule has 3 atom stereocenters. The van der Waals surface area contributed by atoms with E-state index in [0.29, 0.717) is 0 Å². The Morgan fingerprint density at radius 2 is 2.09 bits per heavy atom. The van der Waals surface area contributed by atoms with Crippen LogP contribution in [0.4, 0.5) is 8.78 Å². The van der Waals surface area contributed by atoms with Crippen LogP contribution in [0.2, 0.25) is 0 Å². The lowest BCUT2D eigenvalue weighted by Crippen LogP contribution is -2.20. The van der Waals surface area contributed by atoms with E-state index in [1.165, 1.54) is 6.08 Å². The quantitative estimate of drug-likeness (QED) is 0.302. The number of unbranched alkanes of at least 4 members (excludes halogenated alkanes) is 1. The third kappa shape index (κ3) is 4.43. The summed E-state index contributed by atoms with van der Waals surface area (Å²) in [5, 5.41) is 0. The highest BCUT2D eigenvalue weighted by Gasteiger charge is 2.61. The zero-order chi connectivity index (χ0) is 16.9. The Morgan fingerprint density at radius 1 is 1.45 bits per heavy atom. The van der Waals surface area contributed by atoms with Gasteiger partial charge in [0.2, 0.25) is 6.10 Å². The average Bonchev–Trinajstić information content (AvgIpc) is 2.96. The van der Waals surface area contributed by atoms with E-state index in [4.69, 9.17) is 11.2 Å². The fraction of sp³-hybridized carbons (Fsp3) is 0.611. The van der Waals surface area contributed by atoms with Gasteiger partial charge in [-0.25, -0.2) is 4.39 Å². The molecule has 0 saturated heterocycles. The molecule has 122 valence electrons. The minimum Gasteiger partial charge on any atom is -0.441 e. The Balaban J connectivity index is 2.69. The average molecular weight is 310 g/mol. The van der Waals surface area contributed by atoms with Gasteiger partial charge in [-0.05, 0) is 44.1 Å². The van der Waals surface area contributed by atoms with Gasteiger partial charge >= 0.3 is 5.97 Å². The summed E-state index contributed by atoms with van der Waals surface area (Å²) in [5.41, 5.74) is 0.918. The van der Waals surface area contributed by atoms with E-state index in [9.17, 15) is 13.6 Å². The smallest absolute Gasteiger partial charge is 0.311 e. The highest BCUT2D eigenvalue weighted by atomic mass is 19.1. The van der Waals surface area contributed by atoms with Crippen LogP contribution >= 0.6 is 0 Å². The second-order valence-corrected chi connectivity index (χ2v) is 6.47. The van der Waals surface area contributed by atoms with Gasteiger partial charge in [-0.2, -0.15) is 0 Å². The first kappa shape index (κ1) is 18.4. The minimum absolute atomic E-state index is 0.0852. The second kappa shape index (κ2) is 7.58. The molecule has 0 aromatic carbocycles. The summed E-state index contributed by atoms with van der Waals surface area (Å²) in [6, 6.07) is 0. The van der Waals surface area contributed by atoms with Gasteiger partial charge in [-0.3, -0.25) is 9.18 Å². The maximum absolute atomic E-state index is 13.8. The van der Waals surface area contributed by atoms with E-state index in [2.05, 4.69) is 5.92 Å². The van der Waals surface area contributed by atoms with Crippen LogP contribution in [0.3, 0.4) is 0 Å². The van der Waals surface area contributed by atoms with E-state index in [1.54, 1.807) is 0 Å². The molecule has 1 rings (SSSR count). The number of carbonyl (C=O) groups is 1. The highest BCUT2D eigenvalue weighted by molar-refractivity contribution is 5.79. The van der Waals surface area contributed by atoms with Gasteiger partial charge in [-0.1, -0.05) is 31.4 Å². The van der Waals surface area contributed by atoms with E-state index in [0.717, 1.165) is 5.57 Å². The molecule has 3 unspecified atom stereocenters. The monoisotopic (exact) mass is 310 g/mol. The molecular weight excluding hydrogens is 286 g/mol. The maximum atomic E-state index is 13.8. The number of carbonyl (C=O) groups excluding carboxylic acids is 1. The van der Waals surface area contributed by atoms with Gasteiger partial charge in [-0.15, -0.1) is 6.42 Å². The van der Waals surface area contributed by atoms with Crippen LogP contribution in [0.15, 0.2) is 23.6 Å². The molecule has 0 amide bonds. The number of alkyl halides is 1. The molecule has 0 spiro atoms. The predicted octanol–water partition coefficient (Wildman–Crippen LogP) is 4.37. The van der Waals surface area contributed by atoms with Gasteiger partial charge in [0.15, 0.2) is 0 Å². The van der Waals surface area contributed by atoms with E-state index < -0.39 is 24.6 Å². The van der Waals surface area contributed by atoms with Crippen molar-refractivity contribution in [3.63, 3.8) is 0 Å². The topological polar surface area (TPSA) is 26.3 Å². The molecule has 0 radical (unpaired) electrons. The standard InChI is InChI=1S/C18H24F2O2/c1-6-15(14(20)9-7-8-10-19)22-17(21)16-13(11-12(2)3)18(16,4)5/h1,9,11,13,15-16H,7-8,10H2,2-5H3/b14-9-. The zero-order valence-corrected chi connectivity index (χ0v) is 13.7. The molecule has 0 heterocycles. The molecule has 1 saturated carbocycles. The van der Waals surface area contributed by atoms with Gasteiger partial charge < -0.3 is 4.74 Å². The lowest BCUT2D eigenvalue weighted by atomic mass is 10.1. The fourth-order valence-electron chi connectivity index (χ4n) is 2.58. The Bertz CT molecular complexity index is 508. The third-order valence-electron chi connectivity index (χ3n) is 3.99. The van der Waals surface area contributed by atoms with Crippen LogP contribution in [0.25, 0.3) is 0 Å². The van der Waals surface area contributed by atoms with Crippen LogP contribution < -0.4 is 0 Å². The van der Waals surface area contributed by atoms with Crippen LogP contribution in [0.5, 0.6) is 0 Å². The normalized spacial score (nSPS) is 24.1. The summed E-state index contributed by atoms with van der Waals surface area (Å²) in [6.45, 7) is 7.36. The first-order valence-electron chi connectivity index (χ1n) is 7.48.